The van der Waals surface area contributed by atoms with Crippen molar-refractivity contribution in [1.82, 2.24) is 0 Å². The number of carbonyl (C=O) groups excluding carboxylic acids is 3. The molecule has 1 aliphatic heterocycles. The fraction of sp³-hybridized carbons (Fsp3) is 0.211. The van der Waals surface area contributed by atoms with Crippen molar-refractivity contribution >= 4 is 29.2 Å². The van der Waals surface area contributed by atoms with Gasteiger partial charge in [0.2, 0.25) is 11.8 Å². The van der Waals surface area contributed by atoms with Crippen LogP contribution in [0.3, 0.4) is 0 Å². The predicted octanol–water partition coefficient (Wildman–Crippen LogP) is 2.56. The molecule has 0 aliphatic carbocycles. The first kappa shape index (κ1) is 16.7. The number of ether oxygens (including phenoxy) is 1. The van der Waals surface area contributed by atoms with Gasteiger partial charge in [-0.25, -0.2) is 4.79 Å². The lowest BCUT2D eigenvalue weighted by molar-refractivity contribution is -0.124. The number of fused-ring (bicyclic) bond motifs is 1. The zero-order valence-corrected chi connectivity index (χ0v) is 14.0. The van der Waals surface area contributed by atoms with E-state index >= 15 is 0 Å². The number of benzene rings is 2. The van der Waals surface area contributed by atoms with Gasteiger partial charge in [-0.2, -0.15) is 0 Å². The molecule has 2 aromatic rings. The smallest absolute Gasteiger partial charge is 0.337 e. The Balaban J connectivity index is 1.86. The summed E-state index contributed by atoms with van der Waals surface area (Å²) in [5, 5.41) is 2.79. The van der Waals surface area contributed by atoms with Crippen LogP contribution in [-0.4, -0.2) is 31.9 Å². The molecule has 2 aromatic carbocycles. The summed E-state index contributed by atoms with van der Waals surface area (Å²) in [6.45, 7) is 0. The number of hydrogen-bond acceptors (Lipinski definition) is 4. The van der Waals surface area contributed by atoms with E-state index in [9.17, 15) is 14.4 Å². The lowest BCUT2D eigenvalue weighted by atomic mass is 9.89. The van der Waals surface area contributed by atoms with Gasteiger partial charge in [0, 0.05) is 24.8 Å². The molecule has 6 heteroatoms. The second kappa shape index (κ2) is 6.76. The first-order valence-corrected chi connectivity index (χ1v) is 7.86. The Morgan fingerprint density at radius 3 is 2.68 bits per heavy atom. The first-order valence-electron chi connectivity index (χ1n) is 7.86. The minimum absolute atomic E-state index is 0.107. The predicted molar refractivity (Wildman–Crippen MR) is 93.6 cm³/mol. The molecule has 0 saturated carbocycles. The Morgan fingerprint density at radius 2 is 1.92 bits per heavy atom. The molecule has 1 N–H and O–H groups in total. The van der Waals surface area contributed by atoms with Crippen molar-refractivity contribution in [1.29, 1.82) is 0 Å². The van der Waals surface area contributed by atoms with Crippen LogP contribution >= 0.6 is 0 Å². The number of esters is 1. The summed E-state index contributed by atoms with van der Waals surface area (Å²) in [5.74, 6) is -1.43. The molecular weight excluding hydrogens is 320 g/mol. The van der Waals surface area contributed by atoms with Gasteiger partial charge in [0.05, 0.1) is 18.6 Å². The largest absolute Gasteiger partial charge is 0.465 e. The van der Waals surface area contributed by atoms with Crippen LogP contribution in [0.4, 0.5) is 11.4 Å². The van der Waals surface area contributed by atoms with Gasteiger partial charge < -0.3 is 15.0 Å². The Labute approximate surface area is 145 Å². The molecule has 25 heavy (non-hydrogen) atoms. The standard InChI is InChI=1S/C19H18N2O4/c1-21-16-9-4-3-8-14(16)15(11-17(21)22)18(23)20-13-7-5-6-12(10-13)19(24)25-2/h3-10,15H,11H2,1-2H3,(H,20,23). The molecule has 1 aliphatic rings. The van der Waals surface area contributed by atoms with Gasteiger partial charge in [-0.05, 0) is 29.8 Å². The molecule has 128 valence electrons. The molecule has 1 heterocycles. The van der Waals surface area contributed by atoms with Crippen LogP contribution in [0.25, 0.3) is 0 Å². The molecule has 0 radical (unpaired) electrons. The minimum Gasteiger partial charge on any atom is -0.465 e. The van der Waals surface area contributed by atoms with Crippen LogP contribution < -0.4 is 10.2 Å². The van der Waals surface area contributed by atoms with E-state index in [0.29, 0.717) is 11.3 Å². The minimum atomic E-state index is -0.568. The quantitative estimate of drug-likeness (QED) is 0.873. The van der Waals surface area contributed by atoms with E-state index in [4.69, 9.17) is 0 Å². The van der Waals surface area contributed by atoms with Gasteiger partial charge in [-0.3, -0.25) is 9.59 Å². The van der Waals surface area contributed by atoms with E-state index in [2.05, 4.69) is 10.1 Å². The van der Waals surface area contributed by atoms with Gasteiger partial charge in [0.1, 0.15) is 0 Å². The lowest BCUT2D eigenvalue weighted by Gasteiger charge is -2.30. The zero-order valence-electron chi connectivity index (χ0n) is 14.0. The third kappa shape index (κ3) is 3.24. The molecule has 0 bridgehead atoms. The molecule has 3 rings (SSSR count). The van der Waals surface area contributed by atoms with Gasteiger partial charge in [-0.15, -0.1) is 0 Å². The zero-order chi connectivity index (χ0) is 18.0. The molecule has 2 amide bonds. The summed E-state index contributed by atoms with van der Waals surface area (Å²) in [4.78, 5) is 38.1. The number of anilines is 2. The van der Waals surface area contributed by atoms with Crippen LogP contribution in [0.2, 0.25) is 0 Å². The second-order valence-electron chi connectivity index (χ2n) is 5.83. The van der Waals surface area contributed by atoms with Gasteiger partial charge in [0.15, 0.2) is 0 Å². The third-order valence-electron chi connectivity index (χ3n) is 4.29. The highest BCUT2D eigenvalue weighted by molar-refractivity contribution is 6.06. The second-order valence-corrected chi connectivity index (χ2v) is 5.83. The maximum absolute atomic E-state index is 12.7. The van der Waals surface area contributed by atoms with Crippen LogP contribution in [-0.2, 0) is 14.3 Å². The Kier molecular flexibility index (Phi) is 4.52. The van der Waals surface area contributed by atoms with E-state index in [1.165, 1.54) is 7.11 Å². The number of amides is 2. The number of hydrogen-bond donors (Lipinski definition) is 1. The van der Waals surface area contributed by atoms with Crippen LogP contribution in [0.15, 0.2) is 48.5 Å². The van der Waals surface area contributed by atoms with Crippen LogP contribution in [0.5, 0.6) is 0 Å². The van der Waals surface area contributed by atoms with E-state index < -0.39 is 11.9 Å². The highest BCUT2D eigenvalue weighted by Gasteiger charge is 2.33. The number of rotatable bonds is 3. The van der Waals surface area contributed by atoms with Gasteiger partial charge in [-0.1, -0.05) is 24.3 Å². The molecule has 0 aromatic heterocycles. The Morgan fingerprint density at radius 1 is 1.16 bits per heavy atom. The van der Waals surface area contributed by atoms with Gasteiger partial charge in [0.25, 0.3) is 0 Å². The number of nitrogens with zero attached hydrogens (tertiary/aromatic N) is 1. The molecule has 1 atom stereocenters. The normalized spacial score (nSPS) is 16.2. The molecule has 0 saturated heterocycles. The summed E-state index contributed by atoms with van der Waals surface area (Å²) in [5.41, 5.74) is 2.38. The average Bonchev–Trinajstić information content (AvgIpc) is 2.64. The van der Waals surface area contributed by atoms with E-state index in [1.807, 2.05) is 24.3 Å². The number of nitrogens with one attached hydrogen (secondary N) is 1. The summed E-state index contributed by atoms with van der Waals surface area (Å²) in [6.07, 6.45) is 0.107. The maximum Gasteiger partial charge on any atom is 0.337 e. The molecular formula is C19H18N2O4. The SMILES string of the molecule is COC(=O)c1cccc(NC(=O)C2CC(=O)N(C)c3ccccc32)c1. The Bertz CT molecular complexity index is 847. The van der Waals surface area contributed by atoms with Gasteiger partial charge >= 0.3 is 5.97 Å². The summed E-state index contributed by atoms with van der Waals surface area (Å²) >= 11 is 0. The molecule has 1 unspecified atom stereocenters. The summed E-state index contributed by atoms with van der Waals surface area (Å²) in [6, 6.07) is 13.9. The van der Waals surface area contributed by atoms with Crippen molar-refractivity contribution in [2.75, 3.05) is 24.4 Å². The summed E-state index contributed by atoms with van der Waals surface area (Å²) < 4.78 is 4.68. The number of methoxy groups -OCH3 is 1. The van der Waals surface area contributed by atoms with Crippen molar-refractivity contribution < 1.29 is 19.1 Å². The first-order chi connectivity index (χ1) is 12.0. The highest BCUT2D eigenvalue weighted by atomic mass is 16.5. The fourth-order valence-electron chi connectivity index (χ4n) is 2.95. The fourth-order valence-corrected chi connectivity index (χ4v) is 2.95. The van der Waals surface area contributed by atoms with E-state index in [1.54, 1.807) is 36.2 Å². The number of para-hydroxylation sites is 1. The average molecular weight is 338 g/mol. The van der Waals surface area contributed by atoms with Crippen LogP contribution in [0, 0.1) is 0 Å². The van der Waals surface area contributed by atoms with Crippen molar-refractivity contribution in [2.45, 2.75) is 12.3 Å². The monoisotopic (exact) mass is 338 g/mol. The Hall–Kier alpha value is -3.15. The van der Waals surface area contributed by atoms with Crippen molar-refractivity contribution in [3.8, 4) is 0 Å². The molecule has 0 spiro atoms. The van der Waals surface area contributed by atoms with Crippen molar-refractivity contribution in [3.05, 3.63) is 59.7 Å². The molecule has 6 nitrogen and oxygen atoms in total. The van der Waals surface area contributed by atoms with Crippen LogP contribution in [0.1, 0.15) is 28.3 Å². The number of carbonyl (C=O) groups is 3. The lowest BCUT2D eigenvalue weighted by Crippen LogP contribution is -2.37. The maximum atomic E-state index is 12.7. The topological polar surface area (TPSA) is 75.7 Å². The summed E-state index contributed by atoms with van der Waals surface area (Å²) in [7, 11) is 3.00. The molecule has 0 fully saturated rings. The van der Waals surface area contributed by atoms with E-state index in [0.717, 1.165) is 11.3 Å². The highest BCUT2D eigenvalue weighted by Crippen LogP contribution is 2.35. The van der Waals surface area contributed by atoms with Crippen molar-refractivity contribution in [2.24, 2.45) is 0 Å². The third-order valence-corrected chi connectivity index (χ3v) is 4.29. The van der Waals surface area contributed by atoms with E-state index in [-0.39, 0.29) is 18.2 Å². The van der Waals surface area contributed by atoms with Crippen molar-refractivity contribution in [3.63, 3.8) is 0 Å².